The first-order valence-corrected chi connectivity index (χ1v) is 8.07. The van der Waals surface area contributed by atoms with Crippen molar-refractivity contribution >= 4 is 11.9 Å². The first-order valence-electron chi connectivity index (χ1n) is 8.07. The minimum Gasteiger partial charge on any atom is -0.469 e. The Balaban J connectivity index is 1.96. The van der Waals surface area contributed by atoms with Crippen LogP contribution in [0.4, 0.5) is 0 Å². The lowest BCUT2D eigenvalue weighted by Crippen LogP contribution is -2.48. The summed E-state index contributed by atoms with van der Waals surface area (Å²) >= 11 is 0. The normalized spacial score (nSPS) is 16.7. The number of amides is 1. The molecule has 1 aliphatic rings. The van der Waals surface area contributed by atoms with Crippen LogP contribution in [-0.2, 0) is 27.3 Å². The van der Waals surface area contributed by atoms with Crippen molar-refractivity contribution in [3.8, 4) is 0 Å². The molecule has 1 heterocycles. The Hall–Kier alpha value is -1.88. The van der Waals surface area contributed by atoms with Crippen molar-refractivity contribution in [1.82, 2.24) is 9.80 Å². The first kappa shape index (κ1) is 17.5. The second-order valence-corrected chi connectivity index (χ2v) is 6.32. The third-order valence-electron chi connectivity index (χ3n) is 4.63. The average Bonchev–Trinajstić information content (AvgIpc) is 2.58. The van der Waals surface area contributed by atoms with Gasteiger partial charge in [0.05, 0.1) is 19.1 Å². The van der Waals surface area contributed by atoms with Crippen LogP contribution >= 0.6 is 0 Å². The van der Waals surface area contributed by atoms with E-state index in [4.69, 9.17) is 4.74 Å². The maximum atomic E-state index is 12.7. The molecular weight excluding hydrogens is 292 g/mol. The molecular formula is C18H26N2O3. The minimum atomic E-state index is -0.257. The highest BCUT2D eigenvalue weighted by Crippen LogP contribution is 2.20. The maximum Gasteiger partial charge on any atom is 0.309 e. The Bertz CT molecular complexity index is 573. The van der Waals surface area contributed by atoms with Gasteiger partial charge in [0.2, 0.25) is 5.91 Å². The molecule has 23 heavy (non-hydrogen) atoms. The van der Waals surface area contributed by atoms with Crippen molar-refractivity contribution in [1.29, 1.82) is 0 Å². The number of benzene rings is 1. The van der Waals surface area contributed by atoms with Crippen molar-refractivity contribution in [2.24, 2.45) is 5.92 Å². The molecule has 0 unspecified atom stereocenters. The van der Waals surface area contributed by atoms with E-state index in [9.17, 15) is 9.59 Å². The standard InChI is InChI=1S/C18H26N2O3/c1-13(18(22)23-4)11-19(3)14(2)17(21)20-10-9-15-7-5-6-8-16(15)12-20/h5-8,13-14H,9-12H2,1-4H3/t13-,14-/m1/s1. The van der Waals surface area contributed by atoms with E-state index in [-0.39, 0.29) is 23.8 Å². The Labute approximate surface area is 138 Å². The lowest BCUT2D eigenvalue weighted by atomic mass is 9.99. The van der Waals surface area contributed by atoms with Gasteiger partial charge in [0, 0.05) is 19.6 Å². The molecule has 0 N–H and O–H groups in total. The molecule has 0 bridgehead atoms. The Morgan fingerprint density at radius 1 is 1.26 bits per heavy atom. The number of hydrogen-bond donors (Lipinski definition) is 0. The van der Waals surface area contributed by atoms with Gasteiger partial charge < -0.3 is 9.64 Å². The largest absolute Gasteiger partial charge is 0.469 e. The lowest BCUT2D eigenvalue weighted by Gasteiger charge is -2.34. The van der Waals surface area contributed by atoms with Gasteiger partial charge in [-0.05, 0) is 31.5 Å². The quantitative estimate of drug-likeness (QED) is 0.776. The molecule has 1 aromatic rings. The molecule has 1 aromatic carbocycles. The molecule has 0 saturated carbocycles. The molecule has 1 aliphatic heterocycles. The maximum absolute atomic E-state index is 12.7. The molecule has 0 fully saturated rings. The highest BCUT2D eigenvalue weighted by molar-refractivity contribution is 5.82. The van der Waals surface area contributed by atoms with E-state index in [0.29, 0.717) is 13.1 Å². The van der Waals surface area contributed by atoms with Crippen LogP contribution in [-0.4, -0.2) is 55.0 Å². The van der Waals surface area contributed by atoms with Gasteiger partial charge in [0.15, 0.2) is 0 Å². The van der Waals surface area contributed by atoms with Gasteiger partial charge in [-0.1, -0.05) is 31.2 Å². The fourth-order valence-corrected chi connectivity index (χ4v) is 3.00. The van der Waals surface area contributed by atoms with Crippen molar-refractivity contribution in [3.63, 3.8) is 0 Å². The van der Waals surface area contributed by atoms with Crippen LogP contribution in [0.25, 0.3) is 0 Å². The number of rotatable bonds is 5. The number of carbonyl (C=O) groups excluding carboxylic acids is 2. The second kappa shape index (κ2) is 7.59. The fourth-order valence-electron chi connectivity index (χ4n) is 3.00. The smallest absolute Gasteiger partial charge is 0.309 e. The second-order valence-electron chi connectivity index (χ2n) is 6.32. The van der Waals surface area contributed by atoms with Crippen molar-refractivity contribution in [2.75, 3.05) is 27.2 Å². The monoisotopic (exact) mass is 318 g/mol. The van der Waals surface area contributed by atoms with Gasteiger partial charge in [-0.3, -0.25) is 14.5 Å². The van der Waals surface area contributed by atoms with Gasteiger partial charge in [-0.2, -0.15) is 0 Å². The van der Waals surface area contributed by atoms with Crippen LogP contribution in [0.2, 0.25) is 0 Å². The number of hydrogen-bond acceptors (Lipinski definition) is 4. The summed E-state index contributed by atoms with van der Waals surface area (Å²) in [5.41, 5.74) is 2.56. The Morgan fingerprint density at radius 3 is 2.57 bits per heavy atom. The number of esters is 1. The topological polar surface area (TPSA) is 49.9 Å². The van der Waals surface area contributed by atoms with E-state index in [1.807, 2.05) is 42.8 Å². The van der Waals surface area contributed by atoms with Crippen LogP contribution in [0.5, 0.6) is 0 Å². The molecule has 0 radical (unpaired) electrons. The summed E-state index contributed by atoms with van der Waals surface area (Å²) in [5.74, 6) is -0.384. The van der Waals surface area contributed by atoms with Crippen LogP contribution in [0.3, 0.4) is 0 Å². The summed E-state index contributed by atoms with van der Waals surface area (Å²) < 4.78 is 4.75. The molecule has 0 aliphatic carbocycles. The minimum absolute atomic E-state index is 0.110. The Kier molecular flexibility index (Phi) is 5.77. The zero-order valence-electron chi connectivity index (χ0n) is 14.4. The lowest BCUT2D eigenvalue weighted by molar-refractivity contribution is -0.146. The summed E-state index contributed by atoms with van der Waals surface area (Å²) in [6, 6.07) is 8.02. The highest BCUT2D eigenvalue weighted by atomic mass is 16.5. The van der Waals surface area contributed by atoms with Crippen molar-refractivity contribution < 1.29 is 14.3 Å². The van der Waals surface area contributed by atoms with Crippen molar-refractivity contribution in [2.45, 2.75) is 32.9 Å². The van der Waals surface area contributed by atoms with Gasteiger partial charge in [0.25, 0.3) is 0 Å². The van der Waals surface area contributed by atoms with Gasteiger partial charge in [-0.15, -0.1) is 0 Å². The van der Waals surface area contributed by atoms with Gasteiger partial charge in [0.1, 0.15) is 0 Å². The zero-order chi connectivity index (χ0) is 17.0. The van der Waals surface area contributed by atoms with Crippen LogP contribution in [0.15, 0.2) is 24.3 Å². The van der Waals surface area contributed by atoms with E-state index < -0.39 is 0 Å². The van der Waals surface area contributed by atoms with Crippen LogP contribution < -0.4 is 0 Å². The summed E-state index contributed by atoms with van der Waals surface area (Å²) in [5, 5.41) is 0. The number of carbonyl (C=O) groups is 2. The number of ether oxygens (including phenoxy) is 1. The van der Waals surface area contributed by atoms with E-state index >= 15 is 0 Å². The molecule has 5 nitrogen and oxygen atoms in total. The molecule has 126 valence electrons. The average molecular weight is 318 g/mol. The predicted molar refractivity (Wildman–Crippen MR) is 88.8 cm³/mol. The summed E-state index contributed by atoms with van der Waals surface area (Å²) in [6.07, 6.45) is 0.900. The molecule has 1 amide bonds. The molecule has 2 atom stereocenters. The molecule has 0 aromatic heterocycles. The van der Waals surface area contributed by atoms with Crippen LogP contribution in [0.1, 0.15) is 25.0 Å². The fraction of sp³-hybridized carbons (Fsp3) is 0.556. The number of fused-ring (bicyclic) bond motifs is 1. The van der Waals surface area contributed by atoms with E-state index in [0.717, 1.165) is 13.0 Å². The summed E-state index contributed by atoms with van der Waals surface area (Å²) in [4.78, 5) is 28.1. The van der Waals surface area contributed by atoms with Crippen molar-refractivity contribution in [3.05, 3.63) is 35.4 Å². The van der Waals surface area contributed by atoms with Gasteiger partial charge >= 0.3 is 5.97 Å². The van der Waals surface area contributed by atoms with Gasteiger partial charge in [-0.25, -0.2) is 0 Å². The zero-order valence-corrected chi connectivity index (χ0v) is 14.4. The SMILES string of the molecule is COC(=O)[C@H](C)CN(C)[C@H](C)C(=O)N1CCc2ccccc2C1. The van der Waals surface area contributed by atoms with E-state index in [1.54, 1.807) is 0 Å². The number of methoxy groups -OCH3 is 1. The molecule has 2 rings (SSSR count). The highest BCUT2D eigenvalue weighted by Gasteiger charge is 2.28. The number of likely N-dealkylation sites (N-methyl/N-ethyl adjacent to an activating group) is 1. The van der Waals surface area contributed by atoms with E-state index in [1.165, 1.54) is 18.2 Å². The first-order chi connectivity index (χ1) is 10.9. The molecule has 0 saturated heterocycles. The summed E-state index contributed by atoms with van der Waals surface area (Å²) in [6.45, 7) is 5.63. The Morgan fingerprint density at radius 2 is 1.91 bits per heavy atom. The molecule has 0 spiro atoms. The molecule has 5 heteroatoms. The number of nitrogens with zero attached hydrogens (tertiary/aromatic N) is 2. The third-order valence-corrected chi connectivity index (χ3v) is 4.63. The predicted octanol–water partition coefficient (Wildman–Crippen LogP) is 1.70. The van der Waals surface area contributed by atoms with Crippen LogP contribution in [0, 0.1) is 5.92 Å². The van der Waals surface area contributed by atoms with E-state index in [2.05, 4.69) is 12.1 Å². The summed E-state index contributed by atoms with van der Waals surface area (Å²) in [7, 11) is 3.26. The third kappa shape index (κ3) is 4.10.